The van der Waals surface area contributed by atoms with Crippen LogP contribution in [0.5, 0.6) is 11.5 Å². The lowest BCUT2D eigenvalue weighted by Crippen LogP contribution is -2.45. The summed E-state index contributed by atoms with van der Waals surface area (Å²) >= 11 is 0. The number of piperidine rings is 1. The van der Waals surface area contributed by atoms with Gasteiger partial charge in [-0.3, -0.25) is 24.5 Å². The van der Waals surface area contributed by atoms with Crippen LogP contribution >= 0.6 is 0 Å². The van der Waals surface area contributed by atoms with E-state index in [0.717, 1.165) is 6.07 Å². The number of non-ortho nitro benzene ring substituents is 1. The molecule has 0 spiro atoms. The number of likely N-dealkylation sites (N-methyl/N-ethyl adjacent to an activating group) is 1. The molecule has 1 heterocycles. The Balaban J connectivity index is 1.69. The Morgan fingerprint density at radius 2 is 1.79 bits per heavy atom. The number of benzene rings is 2. The number of ether oxygens (including phenoxy) is 2. The number of carbonyl (C=O) groups is 3. The highest BCUT2D eigenvalue weighted by Gasteiger charge is 2.30. The topological polar surface area (TPSA) is 119 Å². The minimum absolute atomic E-state index is 0.0191. The number of amides is 2. The van der Waals surface area contributed by atoms with Crippen molar-refractivity contribution >= 4 is 23.5 Å². The molecule has 2 amide bonds. The van der Waals surface area contributed by atoms with Crippen molar-refractivity contribution in [2.45, 2.75) is 19.8 Å². The first-order chi connectivity index (χ1) is 16.3. The van der Waals surface area contributed by atoms with E-state index in [1.54, 1.807) is 36.1 Å². The van der Waals surface area contributed by atoms with E-state index in [2.05, 4.69) is 0 Å². The zero-order valence-electron chi connectivity index (χ0n) is 19.1. The SMILES string of the molecule is CCOC(=O)C1CCN(C(=O)CN(C)C(=O)c2cc([N+](=O)[O-])ccc2Oc2ccccc2)CC1. The van der Waals surface area contributed by atoms with Crippen molar-refractivity contribution in [3.8, 4) is 11.5 Å². The molecule has 0 atom stereocenters. The summed E-state index contributed by atoms with van der Waals surface area (Å²) in [7, 11) is 1.46. The molecule has 1 fully saturated rings. The maximum absolute atomic E-state index is 13.2. The molecular formula is C24H27N3O7. The second-order valence-electron chi connectivity index (χ2n) is 7.92. The summed E-state index contributed by atoms with van der Waals surface area (Å²) in [4.78, 5) is 51.3. The molecule has 10 nitrogen and oxygen atoms in total. The van der Waals surface area contributed by atoms with Gasteiger partial charge in [-0.05, 0) is 38.0 Å². The Morgan fingerprint density at radius 3 is 2.41 bits per heavy atom. The third kappa shape index (κ3) is 6.09. The van der Waals surface area contributed by atoms with Crippen molar-refractivity contribution in [2.24, 2.45) is 5.92 Å². The van der Waals surface area contributed by atoms with E-state index in [-0.39, 0.29) is 41.3 Å². The smallest absolute Gasteiger partial charge is 0.309 e. The van der Waals surface area contributed by atoms with E-state index in [1.807, 2.05) is 6.07 Å². The van der Waals surface area contributed by atoms with Gasteiger partial charge in [-0.1, -0.05) is 18.2 Å². The van der Waals surface area contributed by atoms with Gasteiger partial charge >= 0.3 is 5.97 Å². The summed E-state index contributed by atoms with van der Waals surface area (Å²) < 4.78 is 10.8. The monoisotopic (exact) mass is 469 g/mol. The molecule has 0 radical (unpaired) electrons. The van der Waals surface area contributed by atoms with Crippen molar-refractivity contribution in [1.82, 2.24) is 9.80 Å². The summed E-state index contributed by atoms with van der Waals surface area (Å²) in [6.45, 7) is 2.64. The maximum atomic E-state index is 13.2. The quantitative estimate of drug-likeness (QED) is 0.331. The molecule has 34 heavy (non-hydrogen) atoms. The number of likely N-dealkylation sites (tertiary alicyclic amines) is 1. The van der Waals surface area contributed by atoms with Crippen LogP contribution in [0, 0.1) is 16.0 Å². The van der Waals surface area contributed by atoms with E-state index in [9.17, 15) is 24.5 Å². The van der Waals surface area contributed by atoms with Crippen LogP contribution in [0.4, 0.5) is 5.69 Å². The molecule has 3 rings (SSSR count). The summed E-state index contributed by atoms with van der Waals surface area (Å²) in [5.41, 5.74) is -0.279. The molecule has 0 bridgehead atoms. The zero-order chi connectivity index (χ0) is 24.7. The van der Waals surface area contributed by atoms with Gasteiger partial charge in [-0.15, -0.1) is 0 Å². The number of nitro benzene ring substituents is 1. The van der Waals surface area contributed by atoms with Gasteiger partial charge in [0.1, 0.15) is 11.5 Å². The highest BCUT2D eigenvalue weighted by atomic mass is 16.6. The fraction of sp³-hybridized carbons (Fsp3) is 0.375. The lowest BCUT2D eigenvalue weighted by atomic mass is 9.97. The number of nitrogens with zero attached hydrogens (tertiary/aromatic N) is 3. The minimum atomic E-state index is -0.595. The number of hydrogen-bond donors (Lipinski definition) is 0. The van der Waals surface area contributed by atoms with Crippen LogP contribution in [0.2, 0.25) is 0 Å². The highest BCUT2D eigenvalue weighted by Crippen LogP contribution is 2.29. The number of nitro groups is 1. The van der Waals surface area contributed by atoms with Crippen LogP contribution in [0.15, 0.2) is 48.5 Å². The van der Waals surface area contributed by atoms with E-state index in [4.69, 9.17) is 9.47 Å². The van der Waals surface area contributed by atoms with Crippen LogP contribution < -0.4 is 4.74 Å². The van der Waals surface area contributed by atoms with Crippen molar-refractivity contribution < 1.29 is 28.8 Å². The van der Waals surface area contributed by atoms with Crippen molar-refractivity contribution in [2.75, 3.05) is 33.3 Å². The second kappa shape index (κ2) is 11.3. The van der Waals surface area contributed by atoms with Gasteiger partial charge in [0, 0.05) is 32.3 Å². The van der Waals surface area contributed by atoms with E-state index < -0.39 is 10.8 Å². The predicted octanol–water partition coefficient (Wildman–Crippen LogP) is 3.26. The standard InChI is InChI=1S/C24H27N3O7/c1-3-33-24(30)17-11-13-26(14-12-17)22(28)16-25(2)23(29)20-15-18(27(31)32)9-10-21(20)34-19-7-5-4-6-8-19/h4-10,15,17H,3,11-14,16H2,1-2H3. The van der Waals surface area contributed by atoms with Gasteiger partial charge < -0.3 is 19.3 Å². The van der Waals surface area contributed by atoms with Crippen molar-refractivity contribution in [3.63, 3.8) is 0 Å². The van der Waals surface area contributed by atoms with Crippen molar-refractivity contribution in [1.29, 1.82) is 0 Å². The van der Waals surface area contributed by atoms with Crippen LogP contribution in [-0.2, 0) is 14.3 Å². The Labute approximate surface area is 197 Å². The number of esters is 1. The molecule has 1 aliphatic rings. The van der Waals surface area contributed by atoms with Gasteiger partial charge in [0.05, 0.1) is 29.6 Å². The van der Waals surface area contributed by atoms with Crippen molar-refractivity contribution in [3.05, 3.63) is 64.2 Å². The molecule has 0 saturated carbocycles. The van der Waals surface area contributed by atoms with Gasteiger partial charge in [0.15, 0.2) is 0 Å². The van der Waals surface area contributed by atoms with Gasteiger partial charge in [-0.25, -0.2) is 0 Å². The van der Waals surface area contributed by atoms with E-state index in [0.29, 0.717) is 38.3 Å². The molecule has 0 aliphatic carbocycles. The highest BCUT2D eigenvalue weighted by molar-refractivity contribution is 5.99. The summed E-state index contributed by atoms with van der Waals surface area (Å²) in [6, 6.07) is 12.5. The average Bonchev–Trinajstić information content (AvgIpc) is 2.84. The molecule has 1 saturated heterocycles. The molecular weight excluding hydrogens is 442 g/mol. The summed E-state index contributed by atoms with van der Waals surface area (Å²) in [5, 5.41) is 11.3. The van der Waals surface area contributed by atoms with Gasteiger partial charge in [0.25, 0.3) is 11.6 Å². The first kappa shape index (κ1) is 24.7. The molecule has 0 aromatic heterocycles. The molecule has 0 N–H and O–H groups in total. The number of hydrogen-bond acceptors (Lipinski definition) is 7. The molecule has 180 valence electrons. The predicted molar refractivity (Wildman–Crippen MR) is 123 cm³/mol. The number of para-hydroxylation sites is 1. The molecule has 0 unspecified atom stereocenters. The Morgan fingerprint density at radius 1 is 1.12 bits per heavy atom. The molecule has 2 aromatic carbocycles. The lowest BCUT2D eigenvalue weighted by molar-refractivity contribution is -0.384. The number of carbonyl (C=O) groups excluding carboxylic acids is 3. The van der Waals surface area contributed by atoms with Gasteiger partial charge in [0.2, 0.25) is 5.91 Å². The Kier molecular flexibility index (Phi) is 8.18. The zero-order valence-corrected chi connectivity index (χ0v) is 19.1. The average molecular weight is 469 g/mol. The third-order valence-corrected chi connectivity index (χ3v) is 5.56. The van der Waals surface area contributed by atoms with Crippen LogP contribution in [0.3, 0.4) is 0 Å². The largest absolute Gasteiger partial charge is 0.466 e. The Bertz CT molecular complexity index is 1050. The normalized spacial score (nSPS) is 13.8. The Hall–Kier alpha value is -3.95. The number of rotatable bonds is 8. The van der Waals surface area contributed by atoms with E-state index in [1.165, 1.54) is 24.1 Å². The molecule has 10 heteroatoms. The summed E-state index contributed by atoms with van der Waals surface area (Å²) in [5.74, 6) is -0.715. The first-order valence-corrected chi connectivity index (χ1v) is 11.0. The maximum Gasteiger partial charge on any atom is 0.309 e. The third-order valence-electron chi connectivity index (χ3n) is 5.56. The molecule has 2 aromatic rings. The fourth-order valence-corrected chi connectivity index (χ4v) is 3.71. The first-order valence-electron chi connectivity index (χ1n) is 11.0. The second-order valence-corrected chi connectivity index (χ2v) is 7.92. The summed E-state index contributed by atoms with van der Waals surface area (Å²) in [6.07, 6.45) is 1.00. The van der Waals surface area contributed by atoms with E-state index >= 15 is 0 Å². The minimum Gasteiger partial charge on any atom is -0.466 e. The van der Waals surface area contributed by atoms with Crippen LogP contribution in [-0.4, -0.2) is 65.8 Å². The van der Waals surface area contributed by atoms with Crippen LogP contribution in [0.1, 0.15) is 30.1 Å². The van der Waals surface area contributed by atoms with Gasteiger partial charge in [-0.2, -0.15) is 0 Å². The fourth-order valence-electron chi connectivity index (χ4n) is 3.71. The van der Waals surface area contributed by atoms with Crippen LogP contribution in [0.25, 0.3) is 0 Å². The molecule has 1 aliphatic heterocycles. The lowest BCUT2D eigenvalue weighted by Gasteiger charge is -2.32.